The van der Waals surface area contributed by atoms with E-state index in [2.05, 4.69) is 0 Å². The molecule has 0 N–H and O–H groups in total. The topological polar surface area (TPSA) is 9.23 Å². The van der Waals surface area contributed by atoms with Gasteiger partial charge in [-0.2, -0.15) is 0 Å². The fourth-order valence-electron chi connectivity index (χ4n) is 1.85. The van der Waals surface area contributed by atoms with Crippen molar-refractivity contribution in [3.8, 4) is 0 Å². The highest BCUT2D eigenvalue weighted by atomic mass is 28.4. The molecular formula is C10H22F4OSi2. The summed E-state index contributed by atoms with van der Waals surface area (Å²) in [6, 6.07) is 0.826. The molecule has 0 rings (SSSR count). The van der Waals surface area contributed by atoms with E-state index in [1.54, 1.807) is 13.1 Å². The molecule has 0 saturated carbocycles. The van der Waals surface area contributed by atoms with Gasteiger partial charge in [-0.05, 0) is 37.3 Å². The molecule has 0 fully saturated rings. The maximum Gasteiger partial charge on any atom is 0.181 e. The lowest BCUT2D eigenvalue weighted by molar-refractivity contribution is 0.431. The molecule has 0 aliphatic heterocycles. The van der Waals surface area contributed by atoms with E-state index in [-0.39, 0.29) is 24.2 Å². The van der Waals surface area contributed by atoms with Gasteiger partial charge in [0.25, 0.3) is 0 Å². The van der Waals surface area contributed by atoms with Crippen LogP contribution in [0.25, 0.3) is 0 Å². The van der Waals surface area contributed by atoms with Crippen LogP contribution in [-0.4, -0.2) is 43.3 Å². The van der Waals surface area contributed by atoms with Gasteiger partial charge in [-0.25, -0.2) is 0 Å². The Kier molecular flexibility index (Phi) is 8.31. The van der Waals surface area contributed by atoms with Gasteiger partial charge in [0.05, 0.1) is 26.7 Å². The first kappa shape index (κ1) is 17.1. The zero-order chi connectivity index (χ0) is 13.4. The highest BCUT2D eigenvalue weighted by molar-refractivity contribution is 6.86. The third-order valence-corrected chi connectivity index (χ3v) is 11.9. The van der Waals surface area contributed by atoms with Crippen LogP contribution in [0, 0.1) is 0 Å². The summed E-state index contributed by atoms with van der Waals surface area (Å²) in [4.78, 5) is 0. The minimum Gasteiger partial charge on any atom is -0.455 e. The van der Waals surface area contributed by atoms with Crippen LogP contribution in [0.4, 0.5) is 17.6 Å². The van der Waals surface area contributed by atoms with E-state index < -0.39 is 43.3 Å². The van der Waals surface area contributed by atoms with Crippen LogP contribution in [0.15, 0.2) is 0 Å². The van der Waals surface area contributed by atoms with Crippen LogP contribution in [0.2, 0.25) is 37.3 Å². The summed E-state index contributed by atoms with van der Waals surface area (Å²) in [7, 11) is -4.96. The van der Waals surface area contributed by atoms with Crippen LogP contribution in [0.5, 0.6) is 0 Å². The number of rotatable bonds is 10. The number of alkyl halides is 4. The van der Waals surface area contributed by atoms with Gasteiger partial charge >= 0.3 is 0 Å². The van der Waals surface area contributed by atoms with E-state index in [0.29, 0.717) is 0 Å². The lowest BCUT2D eigenvalue weighted by atomic mass is 10.9. The lowest BCUT2D eigenvalue weighted by Crippen LogP contribution is -2.49. The Morgan fingerprint density at radius 1 is 0.647 bits per heavy atom. The van der Waals surface area contributed by atoms with Crippen molar-refractivity contribution < 1.29 is 21.7 Å². The Morgan fingerprint density at radius 3 is 1.06 bits per heavy atom. The molecule has 0 aromatic carbocycles. The lowest BCUT2D eigenvalue weighted by Gasteiger charge is -2.37. The molecule has 0 aromatic rings. The summed E-state index contributed by atoms with van der Waals surface area (Å²) in [5.74, 6) is 0. The molecule has 1 nitrogen and oxygen atoms in total. The van der Waals surface area contributed by atoms with E-state index >= 15 is 0 Å². The van der Waals surface area contributed by atoms with E-state index in [4.69, 9.17) is 4.12 Å². The van der Waals surface area contributed by atoms with Crippen molar-refractivity contribution in [3.63, 3.8) is 0 Å². The second kappa shape index (κ2) is 8.26. The first-order valence-corrected chi connectivity index (χ1v) is 11.5. The molecule has 0 bridgehead atoms. The maximum atomic E-state index is 12.5. The Balaban J connectivity index is 4.65. The second-order valence-electron chi connectivity index (χ2n) is 4.76. The Hall–Kier alpha value is 0.114. The van der Waals surface area contributed by atoms with Gasteiger partial charge in [0.15, 0.2) is 16.6 Å². The van der Waals surface area contributed by atoms with E-state index in [9.17, 15) is 17.6 Å². The zero-order valence-corrected chi connectivity index (χ0v) is 12.6. The molecule has 0 atom stereocenters. The van der Waals surface area contributed by atoms with Gasteiger partial charge in [-0.15, -0.1) is 0 Å². The second-order valence-corrected chi connectivity index (χ2v) is 13.4. The first-order valence-electron chi connectivity index (χ1n) is 5.89. The number of halogens is 4. The average Bonchev–Trinajstić information content (AvgIpc) is 2.17. The van der Waals surface area contributed by atoms with Gasteiger partial charge in [0, 0.05) is 0 Å². The van der Waals surface area contributed by atoms with E-state index in [0.717, 1.165) is 0 Å². The van der Waals surface area contributed by atoms with Gasteiger partial charge in [0.2, 0.25) is 0 Å². The summed E-state index contributed by atoms with van der Waals surface area (Å²) in [5.41, 5.74) is 0. The molecule has 17 heavy (non-hydrogen) atoms. The first-order chi connectivity index (χ1) is 7.95. The summed E-state index contributed by atoms with van der Waals surface area (Å²) in [6.07, 6.45) is 0. The minimum atomic E-state index is -2.48. The fraction of sp³-hybridized carbons (Fsp3) is 1.00. The fourth-order valence-corrected chi connectivity index (χ4v) is 10.3. The van der Waals surface area contributed by atoms with Crippen LogP contribution in [-0.2, 0) is 4.12 Å². The van der Waals surface area contributed by atoms with Crippen molar-refractivity contribution in [1.29, 1.82) is 0 Å². The molecule has 0 unspecified atom stereocenters. The zero-order valence-electron chi connectivity index (χ0n) is 10.6. The third kappa shape index (κ3) is 6.56. The molecule has 0 aliphatic carbocycles. The normalized spacial score (nSPS) is 13.1. The van der Waals surface area contributed by atoms with Crippen LogP contribution < -0.4 is 0 Å². The van der Waals surface area contributed by atoms with Crippen molar-refractivity contribution in [3.05, 3.63) is 0 Å². The van der Waals surface area contributed by atoms with Gasteiger partial charge in [-0.1, -0.05) is 0 Å². The van der Waals surface area contributed by atoms with Gasteiger partial charge in [-0.3, -0.25) is 17.6 Å². The molecule has 0 heterocycles. The molecular weight excluding hydrogens is 268 g/mol. The van der Waals surface area contributed by atoms with E-state index in [1.165, 1.54) is 0 Å². The SMILES string of the molecule is C[Si](CCF)(CCF)O[Si](C)(CCF)CCF. The van der Waals surface area contributed by atoms with Crippen molar-refractivity contribution >= 4 is 16.6 Å². The quantitative estimate of drug-likeness (QED) is 0.436. The largest absolute Gasteiger partial charge is 0.455 e. The summed E-state index contributed by atoms with van der Waals surface area (Å²) < 4.78 is 55.7. The molecule has 0 spiro atoms. The van der Waals surface area contributed by atoms with Gasteiger partial charge in [0.1, 0.15) is 0 Å². The highest BCUT2D eigenvalue weighted by Crippen LogP contribution is 2.28. The molecule has 0 radical (unpaired) electrons. The Bertz CT molecular complexity index is 175. The summed E-state index contributed by atoms with van der Waals surface area (Å²) in [5, 5.41) is 0. The number of hydrogen-bond acceptors (Lipinski definition) is 1. The highest BCUT2D eigenvalue weighted by Gasteiger charge is 2.39. The van der Waals surface area contributed by atoms with Crippen molar-refractivity contribution in [1.82, 2.24) is 0 Å². The van der Waals surface area contributed by atoms with Crippen molar-refractivity contribution in [2.24, 2.45) is 0 Å². The predicted molar refractivity (Wildman–Crippen MR) is 67.4 cm³/mol. The molecule has 0 saturated heterocycles. The summed E-state index contributed by atoms with van der Waals surface area (Å²) in [6.45, 7) is 1.29. The molecule has 0 aromatic heterocycles. The van der Waals surface area contributed by atoms with Crippen LogP contribution in [0.1, 0.15) is 0 Å². The standard InChI is InChI=1S/C10H22F4OSi2/c1-16(7-3-11,8-4-12)15-17(2,9-5-13)10-6-14/h3-10H2,1-2H3. The molecule has 0 amide bonds. The molecule has 7 heteroatoms. The molecule has 0 aliphatic rings. The van der Waals surface area contributed by atoms with Gasteiger partial charge < -0.3 is 4.12 Å². The van der Waals surface area contributed by atoms with Crippen LogP contribution >= 0.6 is 0 Å². The predicted octanol–water partition coefficient (Wildman–Crippen LogP) is 4.03. The number of hydrogen-bond donors (Lipinski definition) is 0. The molecule has 104 valence electrons. The smallest absolute Gasteiger partial charge is 0.181 e. The summed E-state index contributed by atoms with van der Waals surface area (Å²) >= 11 is 0. The Morgan fingerprint density at radius 2 is 0.882 bits per heavy atom. The van der Waals surface area contributed by atoms with Crippen molar-refractivity contribution in [2.75, 3.05) is 26.7 Å². The minimum absolute atomic E-state index is 0.206. The van der Waals surface area contributed by atoms with Crippen LogP contribution in [0.3, 0.4) is 0 Å². The average molecular weight is 290 g/mol. The van der Waals surface area contributed by atoms with E-state index in [1.807, 2.05) is 0 Å². The van der Waals surface area contributed by atoms with Crippen molar-refractivity contribution in [2.45, 2.75) is 37.3 Å². The Labute approximate surface area is 103 Å². The monoisotopic (exact) mass is 290 g/mol. The maximum absolute atomic E-state index is 12.5. The third-order valence-electron chi connectivity index (χ3n) is 2.99.